The third-order valence-corrected chi connectivity index (χ3v) is 6.32. The van der Waals surface area contributed by atoms with Crippen LogP contribution in [-0.4, -0.2) is 53.8 Å². The highest BCUT2D eigenvalue weighted by molar-refractivity contribution is 5.37. The summed E-state index contributed by atoms with van der Waals surface area (Å²) in [6, 6.07) is 6.78. The van der Waals surface area contributed by atoms with E-state index >= 15 is 0 Å². The zero-order valence-electron chi connectivity index (χ0n) is 17.7. The van der Waals surface area contributed by atoms with E-state index in [-0.39, 0.29) is 0 Å². The maximum Gasteiger partial charge on any atom is 0.119 e. The number of benzene rings is 1. The van der Waals surface area contributed by atoms with Crippen molar-refractivity contribution in [3.8, 4) is 5.75 Å². The first-order valence-corrected chi connectivity index (χ1v) is 11.5. The number of fused-ring (bicyclic) bond motifs is 1. The van der Waals surface area contributed by atoms with Crippen LogP contribution in [0.2, 0.25) is 0 Å². The molecule has 2 aromatic rings. The van der Waals surface area contributed by atoms with Crippen molar-refractivity contribution < 1.29 is 4.74 Å². The second-order valence-electron chi connectivity index (χ2n) is 8.65. The Bertz CT molecular complexity index is 724. The van der Waals surface area contributed by atoms with Crippen LogP contribution in [-0.2, 0) is 19.4 Å². The summed E-state index contributed by atoms with van der Waals surface area (Å²) >= 11 is 0. The zero-order valence-corrected chi connectivity index (χ0v) is 17.7. The van der Waals surface area contributed by atoms with E-state index < -0.39 is 0 Å². The van der Waals surface area contributed by atoms with Gasteiger partial charge in [-0.3, -0.25) is 0 Å². The van der Waals surface area contributed by atoms with Crippen molar-refractivity contribution in [2.75, 3.05) is 39.3 Å². The van der Waals surface area contributed by atoms with Crippen LogP contribution in [0, 0.1) is 5.92 Å². The number of hydrogen-bond donors (Lipinski definition) is 1. The molecular weight excluding hydrogens is 360 g/mol. The zero-order chi connectivity index (χ0) is 19.7. The van der Waals surface area contributed by atoms with E-state index in [1.54, 1.807) is 5.56 Å². The lowest BCUT2D eigenvalue weighted by molar-refractivity contribution is 0.261. The van der Waals surface area contributed by atoms with Gasteiger partial charge < -0.3 is 19.5 Å². The topological polar surface area (TPSA) is 42.3 Å². The molecule has 158 valence electrons. The molecule has 0 saturated carbocycles. The van der Waals surface area contributed by atoms with Gasteiger partial charge in [-0.05, 0) is 100 Å². The molecule has 1 unspecified atom stereocenters. The van der Waals surface area contributed by atoms with Gasteiger partial charge in [-0.25, -0.2) is 4.98 Å². The molecule has 1 fully saturated rings. The van der Waals surface area contributed by atoms with E-state index in [1.807, 2.05) is 18.7 Å². The molecule has 1 aromatic carbocycles. The van der Waals surface area contributed by atoms with Gasteiger partial charge in [-0.15, -0.1) is 0 Å². The molecule has 0 spiro atoms. The van der Waals surface area contributed by atoms with Gasteiger partial charge in [0, 0.05) is 25.5 Å². The Morgan fingerprint density at radius 1 is 1.10 bits per heavy atom. The lowest BCUT2D eigenvalue weighted by Crippen LogP contribution is -2.30. The van der Waals surface area contributed by atoms with E-state index in [9.17, 15) is 0 Å². The second kappa shape index (κ2) is 10.8. The maximum absolute atomic E-state index is 6.01. The van der Waals surface area contributed by atoms with Gasteiger partial charge in [0.05, 0.1) is 12.9 Å². The summed E-state index contributed by atoms with van der Waals surface area (Å²) in [5.74, 6) is 1.88. The first-order valence-electron chi connectivity index (χ1n) is 11.5. The van der Waals surface area contributed by atoms with Gasteiger partial charge >= 0.3 is 0 Å². The van der Waals surface area contributed by atoms with Crippen molar-refractivity contribution in [3.05, 3.63) is 48.0 Å². The number of aromatic nitrogens is 2. The number of hydrogen-bond acceptors (Lipinski definition) is 4. The second-order valence-corrected chi connectivity index (χ2v) is 8.65. The van der Waals surface area contributed by atoms with E-state index in [4.69, 9.17) is 4.74 Å². The number of ether oxygens (including phenoxy) is 1. The average Bonchev–Trinajstić information content (AvgIpc) is 3.44. The molecule has 4 rings (SSSR count). The quantitative estimate of drug-likeness (QED) is 0.590. The maximum atomic E-state index is 6.01. The third kappa shape index (κ3) is 6.31. The van der Waals surface area contributed by atoms with Crippen LogP contribution in [0.15, 0.2) is 36.9 Å². The van der Waals surface area contributed by atoms with Gasteiger partial charge in [0.15, 0.2) is 0 Å². The summed E-state index contributed by atoms with van der Waals surface area (Å²) in [7, 11) is 0. The normalized spacial score (nSPS) is 19.4. The van der Waals surface area contributed by atoms with Crippen molar-refractivity contribution in [1.29, 1.82) is 0 Å². The first kappa shape index (κ1) is 20.4. The molecule has 2 aliphatic rings. The summed E-state index contributed by atoms with van der Waals surface area (Å²) in [6.07, 6.45) is 14.5. The molecule has 1 N–H and O–H groups in total. The number of nitrogens with zero attached hydrogens (tertiary/aromatic N) is 3. The van der Waals surface area contributed by atoms with Crippen LogP contribution in [0.1, 0.15) is 43.2 Å². The molecule has 0 radical (unpaired) electrons. The Kier molecular flexibility index (Phi) is 7.60. The number of rotatable bonds is 11. The highest BCUT2D eigenvalue weighted by atomic mass is 16.5. The Morgan fingerprint density at radius 2 is 2.00 bits per heavy atom. The van der Waals surface area contributed by atoms with E-state index in [1.165, 1.54) is 57.3 Å². The molecule has 1 atom stereocenters. The summed E-state index contributed by atoms with van der Waals surface area (Å²) in [5, 5.41) is 3.50. The van der Waals surface area contributed by atoms with Crippen molar-refractivity contribution >= 4 is 0 Å². The number of imidazole rings is 1. The molecule has 1 aliphatic carbocycles. The SMILES string of the molecule is c1cn(CCCNCCCOc2ccc3c(c2)CCC(CN2CCCC2)C3)cn1. The van der Waals surface area contributed by atoms with Crippen molar-refractivity contribution in [2.45, 2.75) is 51.5 Å². The molecule has 0 bridgehead atoms. The lowest BCUT2D eigenvalue weighted by Gasteiger charge is -2.28. The first-order chi connectivity index (χ1) is 14.4. The van der Waals surface area contributed by atoms with Crippen LogP contribution in [0.25, 0.3) is 0 Å². The Morgan fingerprint density at radius 3 is 2.86 bits per heavy atom. The van der Waals surface area contributed by atoms with Gasteiger partial charge in [0.2, 0.25) is 0 Å². The van der Waals surface area contributed by atoms with E-state index in [0.717, 1.165) is 50.8 Å². The smallest absolute Gasteiger partial charge is 0.119 e. The molecule has 2 heterocycles. The van der Waals surface area contributed by atoms with Crippen molar-refractivity contribution in [1.82, 2.24) is 19.8 Å². The highest BCUT2D eigenvalue weighted by Gasteiger charge is 2.22. The van der Waals surface area contributed by atoms with E-state index in [0.29, 0.717) is 0 Å². The standard InChI is InChI=1S/C24H36N4O/c1-2-13-27(12-1)19-21-5-6-23-18-24(8-7-22(23)17-21)29-16-4-10-25-9-3-14-28-15-11-26-20-28/h7-8,11,15,18,20-21,25H,1-6,9-10,12-14,16-17,19H2. The van der Waals surface area contributed by atoms with Gasteiger partial charge in [-0.1, -0.05) is 6.07 Å². The summed E-state index contributed by atoms with van der Waals surface area (Å²) in [6.45, 7) is 7.78. The van der Waals surface area contributed by atoms with Crippen LogP contribution in [0.3, 0.4) is 0 Å². The van der Waals surface area contributed by atoms with Gasteiger partial charge in [0.1, 0.15) is 5.75 Å². The minimum atomic E-state index is 0.783. The predicted molar refractivity (Wildman–Crippen MR) is 117 cm³/mol. The molecule has 5 heteroatoms. The molecular formula is C24H36N4O. The summed E-state index contributed by atoms with van der Waals surface area (Å²) in [4.78, 5) is 6.73. The minimum Gasteiger partial charge on any atom is -0.494 e. The number of aryl methyl sites for hydroxylation is 2. The largest absolute Gasteiger partial charge is 0.494 e. The van der Waals surface area contributed by atoms with Crippen LogP contribution < -0.4 is 10.1 Å². The fraction of sp³-hybridized carbons (Fsp3) is 0.625. The Labute approximate surface area is 175 Å². The molecule has 29 heavy (non-hydrogen) atoms. The van der Waals surface area contributed by atoms with Crippen LogP contribution >= 0.6 is 0 Å². The Balaban J connectivity index is 1.10. The molecule has 1 aliphatic heterocycles. The van der Waals surface area contributed by atoms with Crippen molar-refractivity contribution in [3.63, 3.8) is 0 Å². The lowest BCUT2D eigenvalue weighted by atomic mass is 9.83. The average molecular weight is 397 g/mol. The monoisotopic (exact) mass is 396 g/mol. The van der Waals surface area contributed by atoms with Gasteiger partial charge in [0.25, 0.3) is 0 Å². The highest BCUT2D eigenvalue weighted by Crippen LogP contribution is 2.29. The van der Waals surface area contributed by atoms with Crippen LogP contribution in [0.4, 0.5) is 0 Å². The van der Waals surface area contributed by atoms with Gasteiger partial charge in [-0.2, -0.15) is 0 Å². The third-order valence-electron chi connectivity index (χ3n) is 6.32. The molecule has 5 nitrogen and oxygen atoms in total. The fourth-order valence-corrected chi connectivity index (χ4v) is 4.70. The van der Waals surface area contributed by atoms with Crippen molar-refractivity contribution in [2.24, 2.45) is 5.92 Å². The summed E-state index contributed by atoms with van der Waals surface area (Å²) in [5.41, 5.74) is 3.06. The predicted octanol–water partition coefficient (Wildman–Crippen LogP) is 3.53. The number of likely N-dealkylation sites (tertiary alicyclic amines) is 1. The summed E-state index contributed by atoms with van der Waals surface area (Å²) < 4.78 is 8.13. The Hall–Kier alpha value is -1.85. The molecule has 1 saturated heterocycles. The molecule has 1 aromatic heterocycles. The molecule has 0 amide bonds. The van der Waals surface area contributed by atoms with Crippen LogP contribution in [0.5, 0.6) is 5.75 Å². The minimum absolute atomic E-state index is 0.783. The number of nitrogens with one attached hydrogen (secondary N) is 1. The fourth-order valence-electron chi connectivity index (χ4n) is 4.70. The van der Waals surface area contributed by atoms with E-state index in [2.05, 4.69) is 38.0 Å².